The van der Waals surface area contributed by atoms with E-state index < -0.39 is 29.7 Å². The average Bonchev–Trinajstić information content (AvgIpc) is 3.17. The Labute approximate surface area is 203 Å². The van der Waals surface area contributed by atoms with Gasteiger partial charge in [0.25, 0.3) is 0 Å². The van der Waals surface area contributed by atoms with Gasteiger partial charge in [0, 0.05) is 30.2 Å². The lowest BCUT2D eigenvalue weighted by molar-refractivity contribution is -0.391. The first-order chi connectivity index (χ1) is 16.6. The quantitative estimate of drug-likeness (QED) is 0.376. The maximum absolute atomic E-state index is 13.6. The molecule has 6 nitrogen and oxygen atoms in total. The zero-order valence-corrected chi connectivity index (χ0v) is 19.8. The smallest absolute Gasteiger partial charge is 0.421 e. The molecule has 186 valence electrons. The number of rotatable bonds is 6. The number of hydrogen-bond donors (Lipinski definition) is 0. The van der Waals surface area contributed by atoms with E-state index in [1.165, 1.54) is 22.0 Å². The third kappa shape index (κ3) is 5.34. The summed E-state index contributed by atoms with van der Waals surface area (Å²) in [5, 5.41) is 0. The average molecular weight is 510 g/mol. The van der Waals surface area contributed by atoms with Gasteiger partial charge < -0.3 is 14.4 Å². The van der Waals surface area contributed by atoms with Gasteiger partial charge in [-0.3, -0.25) is 4.57 Å². The van der Waals surface area contributed by atoms with E-state index in [0.717, 1.165) is 35.4 Å². The third-order valence-corrected chi connectivity index (χ3v) is 6.15. The van der Waals surface area contributed by atoms with E-state index in [2.05, 4.69) is 14.5 Å². The lowest BCUT2D eigenvalue weighted by atomic mass is 10.2. The van der Waals surface area contributed by atoms with Gasteiger partial charge in [0.05, 0.1) is 5.69 Å². The molecule has 11 heteroatoms. The molecule has 1 aliphatic rings. The first kappa shape index (κ1) is 24.8. The number of benzene rings is 2. The Morgan fingerprint density at radius 3 is 2.43 bits per heavy atom. The summed E-state index contributed by atoms with van der Waals surface area (Å²) in [4.78, 5) is 20.2. The van der Waals surface area contributed by atoms with Crippen molar-refractivity contribution in [3.05, 3.63) is 70.0 Å². The fraction of sp³-hybridized carbons (Fsp3) is 0.333. The summed E-state index contributed by atoms with van der Waals surface area (Å²) in [6, 6.07) is 12.8. The summed E-state index contributed by atoms with van der Waals surface area (Å²) in [6.07, 6.45) is -6.24. The second-order valence-electron chi connectivity index (χ2n) is 8.02. The van der Waals surface area contributed by atoms with Gasteiger partial charge in [-0.05, 0) is 31.0 Å². The molecule has 35 heavy (non-hydrogen) atoms. The molecule has 0 atom stereocenters. The van der Waals surface area contributed by atoms with E-state index >= 15 is 0 Å². The number of amides is 2. The highest BCUT2D eigenvalue weighted by Gasteiger charge is 2.65. The summed E-state index contributed by atoms with van der Waals surface area (Å²) in [5.41, 5.74) is 1.26. The first-order valence-corrected chi connectivity index (χ1v) is 11.8. The number of alkyl halides is 4. The summed E-state index contributed by atoms with van der Waals surface area (Å²) in [5.74, 6) is -1.05. The predicted octanol–water partition coefficient (Wildman–Crippen LogP) is 6.13. The molecule has 0 unspecified atom stereocenters. The predicted molar refractivity (Wildman–Crippen MR) is 122 cm³/mol. The molecule has 2 heterocycles. The van der Waals surface area contributed by atoms with Crippen LogP contribution in [-0.4, -0.2) is 34.3 Å². The number of nitrogens with zero attached hydrogens (tertiary/aromatic N) is 3. The van der Waals surface area contributed by atoms with Crippen molar-refractivity contribution >= 4 is 17.4 Å². The van der Waals surface area contributed by atoms with Gasteiger partial charge in [-0.15, -0.1) is 11.3 Å². The molecule has 0 N–H and O–H groups in total. The molecule has 0 fully saturated rings. The molecule has 0 bridgehead atoms. The second-order valence-corrected chi connectivity index (χ2v) is 9.23. The number of unbranched alkanes of at least 4 members (excludes halogenated alkanes) is 1. The Hall–Kier alpha value is -3.34. The van der Waals surface area contributed by atoms with Crippen LogP contribution in [0.25, 0.3) is 5.69 Å². The van der Waals surface area contributed by atoms with Crippen molar-refractivity contribution < 1.29 is 31.8 Å². The van der Waals surface area contributed by atoms with Crippen LogP contribution in [0.3, 0.4) is 0 Å². The highest BCUT2D eigenvalue weighted by molar-refractivity contribution is 7.09. The molecule has 1 aliphatic heterocycles. The number of aryl methyl sites for hydroxylation is 1. The monoisotopic (exact) mass is 509 g/mol. The third-order valence-electron chi connectivity index (χ3n) is 5.25. The Kier molecular flexibility index (Phi) is 6.88. The molecule has 1 aromatic heterocycles. The lowest BCUT2D eigenvalue weighted by Gasteiger charge is -2.31. The normalized spacial score (nSPS) is 16.2. The van der Waals surface area contributed by atoms with Crippen molar-refractivity contribution in [2.75, 3.05) is 6.54 Å². The number of hydrogen-bond acceptors (Lipinski definition) is 4. The molecule has 3 aromatic rings. The van der Waals surface area contributed by atoms with Crippen LogP contribution in [0.2, 0.25) is 0 Å². The molecule has 0 saturated heterocycles. The summed E-state index contributed by atoms with van der Waals surface area (Å²) in [7, 11) is 0. The van der Waals surface area contributed by atoms with Crippen molar-refractivity contribution in [1.82, 2.24) is 9.47 Å². The van der Waals surface area contributed by atoms with Crippen LogP contribution in [0.1, 0.15) is 30.2 Å². The first-order valence-electron chi connectivity index (χ1n) is 10.9. The maximum atomic E-state index is 13.6. The Balaban J connectivity index is 1.67. The summed E-state index contributed by atoms with van der Waals surface area (Å²) < 4.78 is 64.1. The number of fused-ring (bicyclic) bond motifs is 1. The van der Waals surface area contributed by atoms with Gasteiger partial charge in [-0.25, -0.2) is 4.79 Å². The van der Waals surface area contributed by atoms with Crippen LogP contribution in [0.5, 0.6) is 11.5 Å². The van der Waals surface area contributed by atoms with Gasteiger partial charge >= 0.3 is 18.2 Å². The minimum absolute atomic E-state index is 0.299. The zero-order valence-electron chi connectivity index (χ0n) is 19.0. The lowest BCUT2D eigenvalue weighted by Crippen LogP contribution is -2.52. The Bertz CT molecular complexity index is 1270. The van der Waals surface area contributed by atoms with Gasteiger partial charge in [-0.1, -0.05) is 43.7 Å². The fourth-order valence-electron chi connectivity index (χ4n) is 3.47. The number of carbonyl (C=O) groups excluding carboxylic acids is 1. The molecule has 0 radical (unpaired) electrons. The van der Waals surface area contributed by atoms with E-state index in [0.29, 0.717) is 23.6 Å². The van der Waals surface area contributed by atoms with Crippen LogP contribution in [0.4, 0.5) is 22.4 Å². The van der Waals surface area contributed by atoms with Crippen LogP contribution < -0.4 is 14.3 Å². The maximum Gasteiger partial charge on any atom is 0.507 e. The largest absolute Gasteiger partial charge is 0.507 e. The molecular formula is C24H23F4N3O3S. The summed E-state index contributed by atoms with van der Waals surface area (Å²) >= 11 is 1.23. The molecule has 0 spiro atoms. The Morgan fingerprint density at radius 1 is 1.06 bits per heavy atom. The molecule has 0 aliphatic carbocycles. The topological polar surface area (TPSA) is 56.1 Å². The number of carbonyl (C=O) groups is 1. The van der Waals surface area contributed by atoms with Gasteiger partial charge in [0.1, 0.15) is 0 Å². The van der Waals surface area contributed by atoms with Gasteiger partial charge in [-0.2, -0.15) is 22.6 Å². The minimum Gasteiger partial charge on any atom is -0.421 e. The van der Waals surface area contributed by atoms with Gasteiger partial charge in [0.15, 0.2) is 16.3 Å². The van der Waals surface area contributed by atoms with E-state index in [1.54, 1.807) is 18.0 Å². The molecular weight excluding hydrogens is 486 g/mol. The van der Waals surface area contributed by atoms with E-state index in [1.807, 2.05) is 37.3 Å². The van der Waals surface area contributed by atoms with Gasteiger partial charge in [0.2, 0.25) is 0 Å². The van der Waals surface area contributed by atoms with Crippen molar-refractivity contribution in [3.8, 4) is 17.2 Å². The zero-order chi connectivity index (χ0) is 25.2. The second kappa shape index (κ2) is 9.73. The minimum atomic E-state index is -4.83. The molecule has 2 aromatic carbocycles. The SMILES string of the molecule is CCCCN(Cc1ccccc1)C(=O)N=c1sc(C)cn1-c1ccc2c(c1)OC(F)(F)C(F)(F)O2. The number of thiazole rings is 1. The standard InChI is InChI=1S/C24H23F4N3O3S/c1-3-4-12-30(15-17-8-6-5-7-9-17)21(32)29-22-31(14-16(2)35-22)18-10-11-19-20(13-18)34-24(27,28)23(25,26)33-19/h5-11,13-14H,3-4,12,15H2,1-2H3. The number of aromatic nitrogens is 1. The molecule has 2 amide bonds. The number of halogens is 4. The van der Waals surface area contributed by atoms with E-state index in [9.17, 15) is 22.4 Å². The Morgan fingerprint density at radius 2 is 1.74 bits per heavy atom. The van der Waals surface area contributed by atoms with E-state index in [-0.39, 0.29) is 0 Å². The van der Waals surface area contributed by atoms with Crippen LogP contribution in [0, 0.1) is 6.92 Å². The molecule has 0 saturated carbocycles. The van der Waals surface area contributed by atoms with Crippen LogP contribution in [0.15, 0.2) is 59.7 Å². The number of ether oxygens (including phenoxy) is 2. The van der Waals surface area contributed by atoms with Crippen molar-refractivity contribution in [1.29, 1.82) is 0 Å². The molecule has 4 rings (SSSR count). The highest BCUT2D eigenvalue weighted by Crippen LogP contribution is 2.47. The fourth-order valence-corrected chi connectivity index (χ4v) is 4.30. The van der Waals surface area contributed by atoms with E-state index in [4.69, 9.17) is 0 Å². The van der Waals surface area contributed by atoms with Crippen molar-refractivity contribution in [3.63, 3.8) is 0 Å². The van der Waals surface area contributed by atoms with Crippen molar-refractivity contribution in [2.24, 2.45) is 4.99 Å². The van der Waals surface area contributed by atoms with Crippen molar-refractivity contribution in [2.45, 2.75) is 45.5 Å². The summed E-state index contributed by atoms with van der Waals surface area (Å²) in [6.45, 7) is 4.74. The van der Waals surface area contributed by atoms with Crippen LogP contribution >= 0.6 is 11.3 Å². The van der Waals surface area contributed by atoms with Crippen LogP contribution in [-0.2, 0) is 6.54 Å². The number of urea groups is 1. The highest BCUT2D eigenvalue weighted by atomic mass is 32.1.